The van der Waals surface area contributed by atoms with Gasteiger partial charge in [-0.15, -0.1) is 0 Å². The highest BCUT2D eigenvalue weighted by Crippen LogP contribution is 2.36. The van der Waals surface area contributed by atoms with Crippen LogP contribution in [0.25, 0.3) is 0 Å². The van der Waals surface area contributed by atoms with Crippen LogP contribution in [-0.2, 0) is 14.9 Å². The predicted octanol–water partition coefficient (Wildman–Crippen LogP) is 0.765. The molecule has 1 saturated heterocycles. The van der Waals surface area contributed by atoms with Crippen LogP contribution in [0.5, 0.6) is 5.75 Å². The van der Waals surface area contributed by atoms with Gasteiger partial charge in [-0.1, -0.05) is 12.1 Å². The minimum Gasteiger partial charge on any atom is -0.494 e. The third-order valence-electron chi connectivity index (χ3n) is 3.32. The molecule has 0 spiro atoms. The van der Waals surface area contributed by atoms with Gasteiger partial charge in [-0.3, -0.25) is 4.79 Å². The van der Waals surface area contributed by atoms with Crippen molar-refractivity contribution in [3.05, 3.63) is 29.8 Å². The summed E-state index contributed by atoms with van der Waals surface area (Å²) in [6, 6.07) is 6.41. The van der Waals surface area contributed by atoms with E-state index in [-0.39, 0.29) is 0 Å². The van der Waals surface area contributed by atoms with Crippen molar-refractivity contribution in [3.8, 4) is 5.75 Å². The number of rotatable bonds is 5. The van der Waals surface area contributed by atoms with Gasteiger partial charge in [0.15, 0.2) is 0 Å². The Bertz CT molecular complexity index is 425. The molecule has 2 rings (SSSR count). The van der Waals surface area contributed by atoms with E-state index in [0.717, 1.165) is 11.3 Å². The molecule has 1 heterocycles. The smallest absolute Gasteiger partial charge is 0.321 e. The summed E-state index contributed by atoms with van der Waals surface area (Å²) in [4.78, 5) is 11.1. The number of ether oxygens (including phenoxy) is 2. The van der Waals surface area contributed by atoms with E-state index in [4.69, 9.17) is 20.3 Å². The largest absolute Gasteiger partial charge is 0.494 e. The molecule has 1 aromatic rings. The van der Waals surface area contributed by atoms with E-state index in [9.17, 15) is 4.79 Å². The fourth-order valence-electron chi connectivity index (χ4n) is 2.13. The van der Waals surface area contributed by atoms with Crippen molar-refractivity contribution >= 4 is 5.97 Å². The van der Waals surface area contributed by atoms with Crippen molar-refractivity contribution in [1.29, 1.82) is 0 Å². The maximum absolute atomic E-state index is 11.1. The minimum absolute atomic E-state index is 0.342. The normalized spacial score (nSPS) is 18.8. The first kappa shape index (κ1) is 12.9. The Labute approximate surface area is 106 Å². The molecule has 1 atom stereocenters. The van der Waals surface area contributed by atoms with E-state index >= 15 is 0 Å². The van der Waals surface area contributed by atoms with Gasteiger partial charge in [0.25, 0.3) is 0 Å². The van der Waals surface area contributed by atoms with Gasteiger partial charge in [0, 0.05) is 0 Å². The summed E-state index contributed by atoms with van der Waals surface area (Å²) in [7, 11) is 0. The van der Waals surface area contributed by atoms with Crippen molar-refractivity contribution < 1.29 is 19.4 Å². The van der Waals surface area contributed by atoms with Crippen LogP contribution in [0, 0.1) is 0 Å². The molecular formula is C13H17NO4. The zero-order valence-corrected chi connectivity index (χ0v) is 10.3. The van der Waals surface area contributed by atoms with Crippen LogP contribution in [0.1, 0.15) is 12.5 Å². The topological polar surface area (TPSA) is 81.8 Å². The highest BCUT2D eigenvalue weighted by molar-refractivity contribution is 5.76. The molecule has 5 nitrogen and oxygen atoms in total. The lowest BCUT2D eigenvalue weighted by molar-refractivity contribution is -0.148. The van der Waals surface area contributed by atoms with E-state index in [1.165, 1.54) is 0 Å². The molecule has 1 unspecified atom stereocenters. The molecular weight excluding hydrogens is 234 g/mol. The molecule has 0 amide bonds. The van der Waals surface area contributed by atoms with Gasteiger partial charge in [0.1, 0.15) is 11.8 Å². The molecule has 1 aliphatic heterocycles. The number of hydrogen-bond donors (Lipinski definition) is 2. The lowest BCUT2D eigenvalue weighted by atomic mass is 9.73. The van der Waals surface area contributed by atoms with Crippen LogP contribution in [0.3, 0.4) is 0 Å². The van der Waals surface area contributed by atoms with Crippen LogP contribution >= 0.6 is 0 Å². The Morgan fingerprint density at radius 2 is 2.11 bits per heavy atom. The monoisotopic (exact) mass is 251 g/mol. The van der Waals surface area contributed by atoms with E-state index in [1.807, 2.05) is 31.2 Å². The van der Waals surface area contributed by atoms with Crippen molar-refractivity contribution in [1.82, 2.24) is 0 Å². The molecule has 98 valence electrons. The first-order valence-electron chi connectivity index (χ1n) is 5.89. The highest BCUT2D eigenvalue weighted by atomic mass is 16.5. The molecule has 3 N–H and O–H groups in total. The number of carboxylic acid groups (broad SMARTS) is 1. The third kappa shape index (κ3) is 2.07. The summed E-state index contributed by atoms with van der Waals surface area (Å²) in [6.45, 7) is 3.20. The van der Waals surface area contributed by atoms with E-state index < -0.39 is 17.4 Å². The van der Waals surface area contributed by atoms with E-state index in [1.54, 1.807) is 0 Å². The predicted molar refractivity (Wildman–Crippen MR) is 65.7 cm³/mol. The highest BCUT2D eigenvalue weighted by Gasteiger charge is 2.48. The van der Waals surface area contributed by atoms with Crippen LogP contribution < -0.4 is 10.5 Å². The van der Waals surface area contributed by atoms with Gasteiger partial charge >= 0.3 is 5.97 Å². The lowest BCUT2D eigenvalue weighted by Gasteiger charge is -2.44. The maximum atomic E-state index is 11.1. The van der Waals surface area contributed by atoms with E-state index in [0.29, 0.717) is 19.8 Å². The Morgan fingerprint density at radius 3 is 2.50 bits per heavy atom. The van der Waals surface area contributed by atoms with Crippen molar-refractivity contribution in [2.24, 2.45) is 5.73 Å². The first-order valence-corrected chi connectivity index (χ1v) is 5.89. The van der Waals surface area contributed by atoms with Crippen molar-refractivity contribution in [2.75, 3.05) is 19.8 Å². The Hall–Kier alpha value is -1.59. The summed E-state index contributed by atoms with van der Waals surface area (Å²) in [6.07, 6.45) is 0. The fraction of sp³-hybridized carbons (Fsp3) is 0.462. The van der Waals surface area contributed by atoms with Gasteiger partial charge in [-0.05, 0) is 24.6 Å². The summed E-state index contributed by atoms with van der Waals surface area (Å²) in [5.74, 6) is -0.243. The molecule has 0 bridgehead atoms. The molecule has 0 saturated carbocycles. The average molecular weight is 251 g/mol. The van der Waals surface area contributed by atoms with Gasteiger partial charge in [0.2, 0.25) is 0 Å². The third-order valence-corrected chi connectivity index (χ3v) is 3.32. The Balaban J connectivity index is 2.25. The number of benzene rings is 1. The zero-order chi connectivity index (χ0) is 13.2. The number of nitrogens with two attached hydrogens (primary N) is 1. The molecule has 1 aliphatic rings. The molecule has 0 aromatic heterocycles. The SMILES string of the molecule is CCOc1ccc(C2(C(N)C(=O)O)COC2)cc1. The second-order valence-electron chi connectivity index (χ2n) is 4.42. The number of aliphatic carboxylic acids is 1. The van der Waals surface area contributed by atoms with Gasteiger partial charge in [0.05, 0.1) is 25.2 Å². The van der Waals surface area contributed by atoms with Gasteiger partial charge < -0.3 is 20.3 Å². The lowest BCUT2D eigenvalue weighted by Crippen LogP contribution is -2.61. The molecule has 18 heavy (non-hydrogen) atoms. The second kappa shape index (κ2) is 4.96. The average Bonchev–Trinajstić information content (AvgIpc) is 2.30. The van der Waals surface area contributed by atoms with Gasteiger partial charge in [-0.2, -0.15) is 0 Å². The molecule has 0 radical (unpaired) electrons. The first-order chi connectivity index (χ1) is 8.60. The summed E-state index contributed by atoms with van der Waals surface area (Å²) >= 11 is 0. The van der Waals surface area contributed by atoms with Gasteiger partial charge in [-0.25, -0.2) is 0 Å². The molecule has 1 fully saturated rings. The van der Waals surface area contributed by atoms with Crippen LogP contribution in [-0.4, -0.2) is 36.9 Å². The summed E-state index contributed by atoms with van der Waals surface area (Å²) in [5, 5.41) is 9.08. The standard InChI is InChI=1S/C13H17NO4/c1-2-18-10-5-3-9(4-6-10)13(7-17-8-13)11(14)12(15)16/h3-6,11H,2,7-8,14H2,1H3,(H,15,16). The van der Waals surface area contributed by atoms with Crippen molar-refractivity contribution in [3.63, 3.8) is 0 Å². The van der Waals surface area contributed by atoms with E-state index in [2.05, 4.69) is 0 Å². The molecule has 0 aliphatic carbocycles. The van der Waals surface area contributed by atoms with Crippen LogP contribution in [0.2, 0.25) is 0 Å². The maximum Gasteiger partial charge on any atom is 0.321 e. The van der Waals surface area contributed by atoms with Crippen molar-refractivity contribution in [2.45, 2.75) is 18.4 Å². The number of hydrogen-bond acceptors (Lipinski definition) is 4. The summed E-state index contributed by atoms with van der Waals surface area (Å²) < 4.78 is 10.5. The number of carboxylic acids is 1. The second-order valence-corrected chi connectivity index (χ2v) is 4.42. The Morgan fingerprint density at radius 1 is 1.50 bits per heavy atom. The quantitative estimate of drug-likeness (QED) is 0.807. The fourth-order valence-corrected chi connectivity index (χ4v) is 2.13. The zero-order valence-electron chi connectivity index (χ0n) is 10.3. The molecule has 5 heteroatoms. The minimum atomic E-state index is -1.01. The van der Waals surface area contributed by atoms with Crippen LogP contribution in [0.4, 0.5) is 0 Å². The van der Waals surface area contributed by atoms with Crippen LogP contribution in [0.15, 0.2) is 24.3 Å². The number of carbonyl (C=O) groups is 1. The molecule has 1 aromatic carbocycles. The Kier molecular flexibility index (Phi) is 3.54. The summed E-state index contributed by atoms with van der Waals surface area (Å²) in [5.41, 5.74) is 6.04.